The van der Waals surface area contributed by atoms with Gasteiger partial charge in [0, 0.05) is 32.3 Å². The standard InChI is InChI=1S/C21H23N3O2/c1-6-7-15-10-13(2)18(14(3)11-15)19-20(25)17(24(5)21(19)26)12-16-8-9-23(4)22-16/h8-11,17,19H,12H2,1-5H3. The minimum absolute atomic E-state index is 0.0521. The summed E-state index contributed by atoms with van der Waals surface area (Å²) in [6.45, 7) is 5.67. The van der Waals surface area contributed by atoms with Crippen molar-refractivity contribution >= 4 is 11.7 Å². The van der Waals surface area contributed by atoms with Gasteiger partial charge in [-0.05, 0) is 55.7 Å². The summed E-state index contributed by atoms with van der Waals surface area (Å²) in [6, 6.07) is 5.31. The van der Waals surface area contributed by atoms with Gasteiger partial charge in [-0.25, -0.2) is 0 Å². The Balaban J connectivity index is 1.97. The summed E-state index contributed by atoms with van der Waals surface area (Å²) in [5.41, 5.74) is 4.40. The van der Waals surface area contributed by atoms with Crippen LogP contribution < -0.4 is 0 Å². The number of hydrogen-bond donors (Lipinski definition) is 0. The second kappa shape index (κ2) is 6.80. The van der Waals surface area contributed by atoms with Gasteiger partial charge in [0.05, 0.1) is 11.7 Å². The number of aryl methyl sites for hydroxylation is 3. The van der Waals surface area contributed by atoms with Crippen molar-refractivity contribution in [2.75, 3.05) is 7.05 Å². The van der Waals surface area contributed by atoms with Gasteiger partial charge in [0.2, 0.25) is 5.91 Å². The molecule has 26 heavy (non-hydrogen) atoms. The third-order valence-electron chi connectivity index (χ3n) is 5.00. The summed E-state index contributed by atoms with van der Waals surface area (Å²) in [7, 11) is 3.54. The van der Waals surface area contributed by atoms with Gasteiger partial charge in [-0.2, -0.15) is 5.10 Å². The molecule has 0 spiro atoms. The van der Waals surface area contributed by atoms with Crippen LogP contribution in [0.1, 0.15) is 40.8 Å². The zero-order valence-electron chi connectivity index (χ0n) is 15.8. The largest absolute Gasteiger partial charge is 0.334 e. The van der Waals surface area contributed by atoms with Gasteiger partial charge in [-0.3, -0.25) is 14.3 Å². The zero-order chi connectivity index (χ0) is 19.0. The van der Waals surface area contributed by atoms with E-state index < -0.39 is 12.0 Å². The van der Waals surface area contributed by atoms with Crippen molar-refractivity contribution in [2.24, 2.45) is 7.05 Å². The maximum Gasteiger partial charge on any atom is 0.238 e. The Kier molecular flexibility index (Phi) is 4.69. The van der Waals surface area contributed by atoms with E-state index in [1.807, 2.05) is 45.3 Å². The first-order valence-corrected chi connectivity index (χ1v) is 8.66. The Morgan fingerprint density at radius 2 is 1.81 bits per heavy atom. The summed E-state index contributed by atoms with van der Waals surface area (Å²) in [6.07, 6.45) is 2.28. The van der Waals surface area contributed by atoms with Crippen molar-refractivity contribution in [1.29, 1.82) is 0 Å². The van der Waals surface area contributed by atoms with Crippen LogP contribution in [-0.2, 0) is 23.1 Å². The molecule has 0 radical (unpaired) electrons. The molecule has 0 aliphatic carbocycles. The number of nitrogens with zero attached hydrogens (tertiary/aromatic N) is 3. The molecule has 5 heteroatoms. The number of benzene rings is 1. The Bertz CT molecular complexity index is 923. The van der Waals surface area contributed by atoms with Crippen LogP contribution in [0.2, 0.25) is 0 Å². The molecule has 1 fully saturated rings. The van der Waals surface area contributed by atoms with E-state index in [4.69, 9.17) is 0 Å². The lowest BCUT2D eigenvalue weighted by atomic mass is 9.86. The number of rotatable bonds is 3. The van der Waals surface area contributed by atoms with E-state index in [9.17, 15) is 9.59 Å². The van der Waals surface area contributed by atoms with E-state index in [0.29, 0.717) is 6.42 Å². The summed E-state index contributed by atoms with van der Waals surface area (Å²) < 4.78 is 1.70. The molecule has 0 saturated carbocycles. The van der Waals surface area contributed by atoms with E-state index in [2.05, 4.69) is 16.9 Å². The SMILES string of the molecule is CC#Cc1cc(C)c(C2C(=O)C(Cc3ccn(C)n3)N(C)C2=O)c(C)c1. The van der Waals surface area contributed by atoms with Gasteiger partial charge in [0.15, 0.2) is 5.78 Å². The number of likely N-dealkylation sites (tertiary alicyclic amines) is 1. The lowest BCUT2D eigenvalue weighted by Gasteiger charge is -2.17. The van der Waals surface area contributed by atoms with Gasteiger partial charge in [-0.1, -0.05) is 5.92 Å². The highest BCUT2D eigenvalue weighted by atomic mass is 16.2. The Morgan fingerprint density at radius 1 is 1.15 bits per heavy atom. The first-order valence-electron chi connectivity index (χ1n) is 8.66. The minimum Gasteiger partial charge on any atom is -0.334 e. The molecule has 1 amide bonds. The molecule has 0 bridgehead atoms. The predicted octanol–water partition coefficient (Wildman–Crippen LogP) is 2.14. The highest BCUT2D eigenvalue weighted by Crippen LogP contribution is 2.34. The van der Waals surface area contributed by atoms with Crippen LogP contribution in [0.3, 0.4) is 0 Å². The van der Waals surface area contributed by atoms with Crippen molar-refractivity contribution in [1.82, 2.24) is 14.7 Å². The van der Waals surface area contributed by atoms with E-state index in [1.54, 1.807) is 23.6 Å². The molecule has 5 nitrogen and oxygen atoms in total. The van der Waals surface area contributed by atoms with Crippen LogP contribution in [0.25, 0.3) is 0 Å². The summed E-state index contributed by atoms with van der Waals surface area (Å²) >= 11 is 0. The monoisotopic (exact) mass is 349 g/mol. The van der Waals surface area contributed by atoms with Crippen molar-refractivity contribution in [2.45, 2.75) is 39.2 Å². The first-order chi connectivity index (χ1) is 12.3. The van der Waals surface area contributed by atoms with E-state index >= 15 is 0 Å². The van der Waals surface area contributed by atoms with Crippen LogP contribution in [0.4, 0.5) is 0 Å². The fourth-order valence-corrected chi connectivity index (χ4v) is 3.78. The van der Waals surface area contributed by atoms with Gasteiger partial charge >= 0.3 is 0 Å². The van der Waals surface area contributed by atoms with Crippen LogP contribution in [0, 0.1) is 25.7 Å². The first kappa shape index (κ1) is 17.9. The molecule has 1 aliphatic rings. The lowest BCUT2D eigenvalue weighted by molar-refractivity contribution is -0.129. The molecule has 2 heterocycles. The number of hydrogen-bond acceptors (Lipinski definition) is 3. The highest BCUT2D eigenvalue weighted by molar-refractivity contribution is 6.15. The van der Waals surface area contributed by atoms with Crippen LogP contribution in [0.15, 0.2) is 24.4 Å². The quantitative estimate of drug-likeness (QED) is 0.630. The molecule has 2 atom stereocenters. The molecule has 1 aromatic heterocycles. The van der Waals surface area contributed by atoms with Crippen LogP contribution in [-0.4, -0.2) is 39.5 Å². The smallest absolute Gasteiger partial charge is 0.238 e. The second-order valence-electron chi connectivity index (χ2n) is 6.88. The van der Waals surface area contributed by atoms with Crippen molar-refractivity contribution < 1.29 is 9.59 Å². The van der Waals surface area contributed by atoms with Gasteiger partial charge in [-0.15, -0.1) is 5.92 Å². The number of ketones is 1. The van der Waals surface area contributed by atoms with Gasteiger partial charge < -0.3 is 4.90 Å². The molecular weight excluding hydrogens is 326 g/mol. The summed E-state index contributed by atoms with van der Waals surface area (Å²) in [4.78, 5) is 27.6. The van der Waals surface area contributed by atoms with Crippen LogP contribution >= 0.6 is 0 Å². The van der Waals surface area contributed by atoms with Crippen molar-refractivity contribution in [3.63, 3.8) is 0 Å². The average molecular weight is 349 g/mol. The maximum absolute atomic E-state index is 13.1. The number of likely N-dealkylation sites (N-methyl/N-ethyl adjacent to an activating group) is 1. The number of Topliss-reactive ketones (excluding diaryl/α,β-unsaturated/α-hetero) is 1. The van der Waals surface area contributed by atoms with Gasteiger partial charge in [0.1, 0.15) is 5.92 Å². The normalized spacial score (nSPS) is 19.7. The van der Waals surface area contributed by atoms with Gasteiger partial charge in [0.25, 0.3) is 0 Å². The minimum atomic E-state index is -0.739. The Labute approximate surface area is 154 Å². The molecule has 3 rings (SSSR count). The van der Waals surface area contributed by atoms with E-state index in [0.717, 1.165) is 27.9 Å². The topological polar surface area (TPSA) is 55.2 Å². The lowest BCUT2D eigenvalue weighted by Crippen LogP contribution is -2.33. The molecule has 0 N–H and O–H groups in total. The number of carbonyl (C=O) groups is 2. The zero-order valence-corrected chi connectivity index (χ0v) is 15.8. The second-order valence-corrected chi connectivity index (χ2v) is 6.88. The molecule has 1 saturated heterocycles. The van der Waals surface area contributed by atoms with Crippen molar-refractivity contribution in [3.8, 4) is 11.8 Å². The molecule has 2 unspecified atom stereocenters. The molecule has 2 aromatic rings. The summed E-state index contributed by atoms with van der Waals surface area (Å²) in [5.74, 6) is 5.00. The molecule has 134 valence electrons. The fraction of sp³-hybridized carbons (Fsp3) is 0.381. The number of aromatic nitrogens is 2. The Hall–Kier alpha value is -2.87. The number of amides is 1. The average Bonchev–Trinajstić information content (AvgIpc) is 3.07. The third kappa shape index (κ3) is 3.03. The molecule has 1 aromatic carbocycles. The van der Waals surface area contributed by atoms with Crippen LogP contribution in [0.5, 0.6) is 0 Å². The highest BCUT2D eigenvalue weighted by Gasteiger charge is 2.47. The predicted molar refractivity (Wildman–Crippen MR) is 99.7 cm³/mol. The maximum atomic E-state index is 13.1. The van der Waals surface area contributed by atoms with E-state index in [-0.39, 0.29) is 11.7 Å². The number of carbonyl (C=O) groups excluding carboxylic acids is 2. The fourth-order valence-electron chi connectivity index (χ4n) is 3.78. The molecular formula is C21H23N3O2. The Morgan fingerprint density at radius 3 is 2.35 bits per heavy atom. The third-order valence-corrected chi connectivity index (χ3v) is 5.00. The summed E-state index contributed by atoms with van der Waals surface area (Å²) in [5, 5.41) is 4.34. The molecule has 1 aliphatic heterocycles. The van der Waals surface area contributed by atoms with E-state index in [1.165, 1.54) is 0 Å². The van der Waals surface area contributed by atoms with Crippen molar-refractivity contribution in [3.05, 3.63) is 52.3 Å².